The Bertz CT molecular complexity index is 611. The van der Waals surface area contributed by atoms with Crippen molar-refractivity contribution in [1.29, 1.82) is 0 Å². The second-order valence-electron chi connectivity index (χ2n) is 5.24. The van der Waals surface area contributed by atoms with E-state index in [-0.39, 0.29) is 0 Å². The molecule has 5 nitrogen and oxygen atoms in total. The van der Waals surface area contributed by atoms with E-state index in [0.717, 1.165) is 28.7 Å². The lowest BCUT2D eigenvalue weighted by atomic mass is 10.1. The van der Waals surface area contributed by atoms with E-state index < -0.39 is 12.0 Å². The van der Waals surface area contributed by atoms with E-state index in [9.17, 15) is 9.90 Å². The van der Waals surface area contributed by atoms with Gasteiger partial charge in [-0.15, -0.1) is 11.3 Å². The van der Waals surface area contributed by atoms with Crippen LogP contribution in [0.1, 0.15) is 24.3 Å². The van der Waals surface area contributed by atoms with Gasteiger partial charge in [-0.3, -0.25) is 10.1 Å². The normalized spacial score (nSPS) is 12.1. The molecule has 1 aromatic carbocycles. The first kappa shape index (κ1) is 17.4. The molecular formula is C17H23N3O2S. The van der Waals surface area contributed by atoms with Gasteiger partial charge in [-0.1, -0.05) is 30.3 Å². The number of hydrogen-bond donors (Lipinski definition) is 2. The standard InChI is InChI=1S/C17H23N3O2S/c1-3-20(4-2)17-19-12-14(23-17)11-18-15(16(21)22)10-13-8-6-5-7-9-13/h5-9,12,15,18H,3-4,10-11H2,1-2H3,(H,21,22)/t15-/m0/s1. The number of nitrogens with zero attached hydrogens (tertiary/aromatic N) is 2. The summed E-state index contributed by atoms with van der Waals surface area (Å²) in [4.78, 5) is 19.1. The van der Waals surface area contributed by atoms with Crippen LogP contribution in [0.4, 0.5) is 5.13 Å². The Morgan fingerprint density at radius 1 is 1.30 bits per heavy atom. The summed E-state index contributed by atoms with van der Waals surface area (Å²) in [6.07, 6.45) is 2.30. The number of carboxylic acid groups (broad SMARTS) is 1. The van der Waals surface area contributed by atoms with Gasteiger partial charge < -0.3 is 10.0 Å². The van der Waals surface area contributed by atoms with Gasteiger partial charge >= 0.3 is 5.97 Å². The van der Waals surface area contributed by atoms with E-state index in [4.69, 9.17) is 0 Å². The van der Waals surface area contributed by atoms with Crippen LogP contribution in [0, 0.1) is 0 Å². The van der Waals surface area contributed by atoms with Crippen molar-refractivity contribution in [3.05, 3.63) is 47.0 Å². The summed E-state index contributed by atoms with van der Waals surface area (Å²) < 4.78 is 0. The fraction of sp³-hybridized carbons (Fsp3) is 0.412. The van der Waals surface area contributed by atoms with Gasteiger partial charge in [0.15, 0.2) is 5.13 Å². The molecule has 2 rings (SSSR count). The zero-order valence-electron chi connectivity index (χ0n) is 13.5. The van der Waals surface area contributed by atoms with Crippen molar-refractivity contribution < 1.29 is 9.90 Å². The summed E-state index contributed by atoms with van der Waals surface area (Å²) in [5, 5.41) is 13.5. The molecule has 23 heavy (non-hydrogen) atoms. The Labute approximate surface area is 141 Å². The zero-order valence-corrected chi connectivity index (χ0v) is 14.3. The van der Waals surface area contributed by atoms with Crippen LogP contribution in [0.5, 0.6) is 0 Å². The fourth-order valence-electron chi connectivity index (χ4n) is 2.34. The minimum atomic E-state index is -0.831. The molecule has 0 radical (unpaired) electrons. The minimum Gasteiger partial charge on any atom is -0.480 e. The van der Waals surface area contributed by atoms with E-state index in [1.54, 1.807) is 11.3 Å². The monoisotopic (exact) mass is 333 g/mol. The van der Waals surface area contributed by atoms with E-state index in [1.165, 1.54) is 0 Å². The summed E-state index contributed by atoms with van der Waals surface area (Å²) >= 11 is 1.61. The predicted molar refractivity (Wildman–Crippen MR) is 94.1 cm³/mol. The quantitative estimate of drug-likeness (QED) is 0.739. The molecule has 0 aliphatic rings. The lowest BCUT2D eigenvalue weighted by Gasteiger charge is -2.16. The molecule has 0 amide bonds. The van der Waals surface area contributed by atoms with Crippen molar-refractivity contribution in [3.8, 4) is 0 Å². The fourth-order valence-corrected chi connectivity index (χ4v) is 3.33. The number of hydrogen-bond acceptors (Lipinski definition) is 5. The minimum absolute atomic E-state index is 0.470. The Balaban J connectivity index is 1.95. The molecule has 1 aromatic heterocycles. The van der Waals surface area contributed by atoms with Gasteiger partial charge in [0.1, 0.15) is 6.04 Å². The average Bonchev–Trinajstić information content (AvgIpc) is 3.02. The molecule has 2 N–H and O–H groups in total. The molecule has 0 saturated carbocycles. The van der Waals surface area contributed by atoms with Crippen molar-refractivity contribution >= 4 is 22.4 Å². The molecule has 0 spiro atoms. The summed E-state index contributed by atoms with van der Waals surface area (Å²) in [6.45, 7) is 6.56. The highest BCUT2D eigenvalue weighted by Crippen LogP contribution is 2.22. The molecule has 6 heteroatoms. The molecule has 0 unspecified atom stereocenters. The Kier molecular flexibility index (Phi) is 6.55. The first-order valence-corrected chi connectivity index (χ1v) is 8.65. The van der Waals surface area contributed by atoms with Gasteiger partial charge in [-0.05, 0) is 25.8 Å². The molecule has 0 bridgehead atoms. The maximum atomic E-state index is 11.4. The molecule has 0 aliphatic heterocycles. The van der Waals surface area contributed by atoms with Gasteiger partial charge in [0.25, 0.3) is 0 Å². The summed E-state index contributed by atoms with van der Waals surface area (Å²) in [6, 6.07) is 9.07. The Morgan fingerprint density at radius 3 is 2.61 bits per heavy atom. The second-order valence-corrected chi connectivity index (χ2v) is 6.34. The summed E-state index contributed by atoms with van der Waals surface area (Å²) in [5.41, 5.74) is 1.01. The molecule has 1 atom stereocenters. The smallest absolute Gasteiger partial charge is 0.321 e. The highest BCUT2D eigenvalue weighted by molar-refractivity contribution is 7.15. The van der Waals surface area contributed by atoms with Crippen LogP contribution in [0.3, 0.4) is 0 Å². The number of carbonyl (C=O) groups is 1. The average molecular weight is 333 g/mol. The predicted octanol–water partition coefficient (Wildman–Crippen LogP) is 2.77. The molecule has 0 saturated heterocycles. The molecule has 2 aromatic rings. The molecule has 0 aliphatic carbocycles. The van der Waals surface area contributed by atoms with E-state index >= 15 is 0 Å². The van der Waals surface area contributed by atoms with Gasteiger partial charge in [-0.2, -0.15) is 0 Å². The number of thiazole rings is 1. The zero-order chi connectivity index (χ0) is 16.7. The number of anilines is 1. The van der Waals surface area contributed by atoms with Crippen LogP contribution in [0.2, 0.25) is 0 Å². The van der Waals surface area contributed by atoms with Crippen molar-refractivity contribution in [2.75, 3.05) is 18.0 Å². The Hall–Kier alpha value is -1.92. The lowest BCUT2D eigenvalue weighted by molar-refractivity contribution is -0.139. The van der Waals surface area contributed by atoms with Crippen molar-refractivity contribution in [2.24, 2.45) is 0 Å². The van der Waals surface area contributed by atoms with Crippen LogP contribution >= 0.6 is 11.3 Å². The van der Waals surface area contributed by atoms with Gasteiger partial charge in [0.2, 0.25) is 0 Å². The third-order valence-electron chi connectivity index (χ3n) is 3.68. The maximum absolute atomic E-state index is 11.4. The van der Waals surface area contributed by atoms with Crippen molar-refractivity contribution in [2.45, 2.75) is 32.9 Å². The van der Waals surface area contributed by atoms with E-state index in [0.29, 0.717) is 13.0 Å². The number of nitrogens with one attached hydrogen (secondary N) is 1. The first-order valence-electron chi connectivity index (χ1n) is 7.83. The first-order chi connectivity index (χ1) is 11.1. The summed E-state index contributed by atoms with van der Waals surface area (Å²) in [7, 11) is 0. The van der Waals surface area contributed by atoms with Crippen molar-refractivity contribution in [1.82, 2.24) is 10.3 Å². The van der Waals surface area contributed by atoms with Crippen molar-refractivity contribution in [3.63, 3.8) is 0 Å². The van der Waals surface area contributed by atoms with Gasteiger partial charge in [-0.25, -0.2) is 4.98 Å². The van der Waals surface area contributed by atoms with Crippen LogP contribution in [0.15, 0.2) is 36.5 Å². The largest absolute Gasteiger partial charge is 0.480 e. The highest BCUT2D eigenvalue weighted by Gasteiger charge is 2.18. The number of carboxylic acids is 1. The number of aliphatic carboxylic acids is 1. The molecule has 124 valence electrons. The Morgan fingerprint density at radius 2 is 2.00 bits per heavy atom. The molecule has 0 fully saturated rings. The molecule has 1 heterocycles. The number of rotatable bonds is 9. The summed E-state index contributed by atoms with van der Waals surface area (Å²) in [5.74, 6) is -0.831. The topological polar surface area (TPSA) is 65.5 Å². The third kappa shape index (κ3) is 5.04. The molecular weight excluding hydrogens is 310 g/mol. The highest BCUT2D eigenvalue weighted by atomic mass is 32.1. The lowest BCUT2D eigenvalue weighted by Crippen LogP contribution is -2.37. The number of benzene rings is 1. The second kappa shape index (κ2) is 8.64. The van der Waals surface area contributed by atoms with Crippen LogP contribution in [-0.2, 0) is 17.8 Å². The van der Waals surface area contributed by atoms with Crippen LogP contribution < -0.4 is 10.2 Å². The SMILES string of the molecule is CCN(CC)c1ncc(CN[C@@H](Cc2ccccc2)C(=O)O)s1. The van der Waals surface area contributed by atoms with Gasteiger partial charge in [0.05, 0.1) is 0 Å². The van der Waals surface area contributed by atoms with Crippen LogP contribution in [0.25, 0.3) is 0 Å². The maximum Gasteiger partial charge on any atom is 0.321 e. The van der Waals surface area contributed by atoms with Crippen LogP contribution in [-0.4, -0.2) is 35.2 Å². The number of aromatic nitrogens is 1. The van der Waals surface area contributed by atoms with Gasteiger partial charge in [0, 0.05) is 30.7 Å². The third-order valence-corrected chi connectivity index (χ3v) is 4.74. The van der Waals surface area contributed by atoms with E-state index in [2.05, 4.69) is 29.0 Å². The van der Waals surface area contributed by atoms with E-state index in [1.807, 2.05) is 36.5 Å².